The van der Waals surface area contributed by atoms with E-state index in [-0.39, 0.29) is 17.4 Å². The van der Waals surface area contributed by atoms with Crippen LogP contribution in [0.2, 0.25) is 0 Å². The van der Waals surface area contributed by atoms with E-state index in [0.29, 0.717) is 32.7 Å². The van der Waals surface area contributed by atoms with Crippen molar-refractivity contribution >= 4 is 40.2 Å². The first kappa shape index (κ1) is 21.1. The minimum Gasteiger partial charge on any atom is -0.340 e. The maximum atomic E-state index is 12.4. The van der Waals surface area contributed by atoms with Gasteiger partial charge in [-0.1, -0.05) is 30.0 Å². The molecule has 2 aromatic carbocycles. The van der Waals surface area contributed by atoms with Crippen LogP contribution in [-0.4, -0.2) is 59.3 Å². The molecule has 1 aliphatic heterocycles. The quantitative estimate of drug-likeness (QED) is 0.642. The van der Waals surface area contributed by atoms with Gasteiger partial charge < -0.3 is 15.2 Å². The molecule has 4 rings (SSSR count). The van der Waals surface area contributed by atoms with Crippen molar-refractivity contribution in [2.45, 2.75) is 16.7 Å². The summed E-state index contributed by atoms with van der Waals surface area (Å²) in [7, 11) is 0. The van der Waals surface area contributed by atoms with Crippen LogP contribution in [0.15, 0.2) is 69.2 Å². The predicted octanol–water partition coefficient (Wildman–Crippen LogP) is 2.78. The van der Waals surface area contributed by atoms with Crippen LogP contribution in [-0.2, 0) is 9.59 Å². The summed E-state index contributed by atoms with van der Waals surface area (Å²) in [4.78, 5) is 44.3. The van der Waals surface area contributed by atoms with Crippen LogP contribution in [0.1, 0.15) is 6.92 Å². The average molecular weight is 437 g/mol. The fourth-order valence-corrected chi connectivity index (χ4v) is 4.59. The third kappa shape index (κ3) is 5.34. The number of nitrogens with one attached hydrogen (secondary N) is 2. The molecule has 7 nitrogen and oxygen atoms in total. The number of benzene rings is 2. The fourth-order valence-electron chi connectivity index (χ4n) is 3.61. The van der Waals surface area contributed by atoms with Gasteiger partial charge in [0.05, 0.1) is 6.54 Å². The first-order valence-corrected chi connectivity index (χ1v) is 11.0. The number of rotatable bonds is 5. The number of amides is 2. The summed E-state index contributed by atoms with van der Waals surface area (Å²) in [6, 6.07) is 16.9. The van der Waals surface area contributed by atoms with Gasteiger partial charge in [0.15, 0.2) is 0 Å². The van der Waals surface area contributed by atoms with Gasteiger partial charge in [-0.05, 0) is 30.3 Å². The van der Waals surface area contributed by atoms with E-state index in [1.165, 1.54) is 11.8 Å². The van der Waals surface area contributed by atoms with E-state index in [1.54, 1.807) is 17.9 Å². The maximum Gasteiger partial charge on any atom is 0.249 e. The van der Waals surface area contributed by atoms with Crippen molar-refractivity contribution < 1.29 is 9.59 Å². The van der Waals surface area contributed by atoms with Crippen LogP contribution in [0.5, 0.6) is 0 Å². The number of carbonyl (C=O) groups is 2. The first-order valence-electron chi connectivity index (χ1n) is 10.2. The summed E-state index contributed by atoms with van der Waals surface area (Å²) in [5, 5.41) is 3.92. The van der Waals surface area contributed by atoms with E-state index >= 15 is 0 Å². The van der Waals surface area contributed by atoms with Crippen LogP contribution >= 0.6 is 11.8 Å². The fraction of sp³-hybridized carbons (Fsp3) is 0.261. The van der Waals surface area contributed by atoms with Crippen molar-refractivity contribution in [2.75, 3.05) is 38.0 Å². The molecule has 0 spiro atoms. The molecular formula is C23H24N4O3S. The van der Waals surface area contributed by atoms with Gasteiger partial charge in [-0.25, -0.2) is 0 Å². The molecule has 0 saturated carbocycles. The summed E-state index contributed by atoms with van der Waals surface area (Å²) >= 11 is 1.52. The lowest BCUT2D eigenvalue weighted by Gasteiger charge is -2.33. The van der Waals surface area contributed by atoms with E-state index in [9.17, 15) is 14.4 Å². The molecule has 1 aromatic heterocycles. The molecule has 2 heterocycles. The van der Waals surface area contributed by atoms with Crippen LogP contribution in [0.25, 0.3) is 10.9 Å². The van der Waals surface area contributed by atoms with Crippen LogP contribution in [0, 0.1) is 0 Å². The number of aromatic amines is 1. The number of pyridine rings is 1. The Morgan fingerprint density at radius 3 is 2.45 bits per heavy atom. The second kappa shape index (κ2) is 9.36. The third-order valence-corrected chi connectivity index (χ3v) is 6.33. The normalized spacial score (nSPS) is 14.5. The standard InChI is InChI=1S/C23H24N4O3S/c1-16(28)27-12-10-26(11-13-27)15-23(30)24-17-6-8-18(9-7-17)31-21-14-22(29)25-20-5-3-2-4-19(20)21/h2-9,14H,10-13,15H2,1H3,(H,24,30)(H,25,29). The van der Waals surface area contributed by atoms with Gasteiger partial charge in [-0.15, -0.1) is 0 Å². The second-order valence-corrected chi connectivity index (χ2v) is 8.62. The molecule has 160 valence electrons. The maximum absolute atomic E-state index is 12.4. The van der Waals surface area contributed by atoms with Gasteiger partial charge in [0.2, 0.25) is 17.4 Å². The smallest absolute Gasteiger partial charge is 0.249 e. The molecule has 2 amide bonds. The minimum atomic E-state index is -0.130. The first-order chi connectivity index (χ1) is 15.0. The average Bonchev–Trinajstić information content (AvgIpc) is 2.75. The summed E-state index contributed by atoms with van der Waals surface area (Å²) in [6.45, 7) is 4.60. The zero-order valence-corrected chi connectivity index (χ0v) is 18.1. The SMILES string of the molecule is CC(=O)N1CCN(CC(=O)Nc2ccc(Sc3cc(=O)[nH]c4ccccc34)cc2)CC1. The highest BCUT2D eigenvalue weighted by Gasteiger charge is 2.20. The monoisotopic (exact) mass is 436 g/mol. The number of anilines is 1. The Hall–Kier alpha value is -3.10. The molecule has 1 aliphatic rings. The van der Waals surface area contributed by atoms with Crippen molar-refractivity contribution in [3.63, 3.8) is 0 Å². The van der Waals surface area contributed by atoms with Crippen molar-refractivity contribution in [3.05, 3.63) is 65.0 Å². The highest BCUT2D eigenvalue weighted by atomic mass is 32.2. The van der Waals surface area contributed by atoms with Gasteiger partial charge in [-0.2, -0.15) is 0 Å². The number of nitrogens with zero attached hydrogens (tertiary/aromatic N) is 2. The Balaban J connectivity index is 1.35. The summed E-state index contributed by atoms with van der Waals surface area (Å²) in [6.07, 6.45) is 0. The molecule has 1 saturated heterocycles. The minimum absolute atomic E-state index is 0.0720. The lowest BCUT2D eigenvalue weighted by molar-refractivity contribution is -0.130. The van der Waals surface area contributed by atoms with Crippen LogP contribution in [0.4, 0.5) is 5.69 Å². The Kier molecular flexibility index (Phi) is 6.39. The van der Waals surface area contributed by atoms with Crippen LogP contribution in [0.3, 0.4) is 0 Å². The Morgan fingerprint density at radius 1 is 1.03 bits per heavy atom. The third-order valence-electron chi connectivity index (χ3n) is 5.26. The molecule has 1 fully saturated rings. The molecule has 0 unspecified atom stereocenters. The summed E-state index contributed by atoms with van der Waals surface area (Å²) in [5.74, 6) is 0.00688. The molecule has 0 atom stereocenters. The number of carbonyl (C=O) groups excluding carboxylic acids is 2. The zero-order chi connectivity index (χ0) is 21.8. The highest BCUT2D eigenvalue weighted by molar-refractivity contribution is 7.99. The summed E-state index contributed by atoms with van der Waals surface area (Å²) in [5.41, 5.74) is 1.41. The number of aromatic nitrogens is 1. The lowest BCUT2D eigenvalue weighted by atomic mass is 10.2. The molecular weight excluding hydrogens is 412 g/mol. The molecule has 31 heavy (non-hydrogen) atoms. The van der Waals surface area contributed by atoms with Crippen molar-refractivity contribution in [3.8, 4) is 0 Å². The molecule has 8 heteroatoms. The molecule has 3 aromatic rings. The number of hydrogen-bond acceptors (Lipinski definition) is 5. The number of hydrogen-bond donors (Lipinski definition) is 2. The van der Waals surface area contributed by atoms with Crippen molar-refractivity contribution in [2.24, 2.45) is 0 Å². The zero-order valence-electron chi connectivity index (χ0n) is 17.3. The summed E-state index contributed by atoms with van der Waals surface area (Å²) < 4.78 is 0. The van der Waals surface area contributed by atoms with Crippen molar-refractivity contribution in [1.29, 1.82) is 0 Å². The van der Waals surface area contributed by atoms with Gasteiger partial charge in [-0.3, -0.25) is 19.3 Å². The number of para-hydroxylation sites is 1. The van der Waals surface area contributed by atoms with E-state index in [2.05, 4.69) is 15.2 Å². The Morgan fingerprint density at radius 2 is 1.74 bits per heavy atom. The number of fused-ring (bicyclic) bond motifs is 1. The van der Waals surface area contributed by atoms with E-state index in [1.807, 2.05) is 48.5 Å². The van der Waals surface area contributed by atoms with Gasteiger partial charge >= 0.3 is 0 Å². The van der Waals surface area contributed by atoms with Gasteiger partial charge in [0.1, 0.15) is 0 Å². The van der Waals surface area contributed by atoms with Crippen LogP contribution < -0.4 is 10.9 Å². The lowest BCUT2D eigenvalue weighted by Crippen LogP contribution is -2.49. The van der Waals surface area contributed by atoms with Crippen molar-refractivity contribution in [1.82, 2.24) is 14.8 Å². The highest BCUT2D eigenvalue weighted by Crippen LogP contribution is 2.32. The number of piperazine rings is 1. The second-order valence-electron chi connectivity index (χ2n) is 7.50. The number of H-pyrrole nitrogens is 1. The van der Waals surface area contributed by atoms with Gasteiger partial charge in [0, 0.05) is 65.6 Å². The Bertz CT molecular complexity index is 1150. The van der Waals surface area contributed by atoms with Gasteiger partial charge in [0.25, 0.3) is 0 Å². The molecule has 2 N–H and O–H groups in total. The van der Waals surface area contributed by atoms with E-state index in [4.69, 9.17) is 0 Å². The topological polar surface area (TPSA) is 85.5 Å². The predicted molar refractivity (Wildman–Crippen MR) is 122 cm³/mol. The van der Waals surface area contributed by atoms with E-state index in [0.717, 1.165) is 26.4 Å². The van der Waals surface area contributed by atoms with E-state index < -0.39 is 0 Å². The molecule has 0 aliphatic carbocycles. The Labute approximate surface area is 184 Å². The molecule has 0 radical (unpaired) electrons. The molecule has 0 bridgehead atoms. The largest absolute Gasteiger partial charge is 0.340 e.